The van der Waals surface area contributed by atoms with Gasteiger partial charge >= 0.3 is 0 Å². The zero-order chi connectivity index (χ0) is 14.0. The van der Waals surface area contributed by atoms with Gasteiger partial charge < -0.3 is 15.5 Å². The predicted molar refractivity (Wildman–Crippen MR) is 77.3 cm³/mol. The quantitative estimate of drug-likeness (QED) is 0.869. The molecule has 0 saturated heterocycles. The second kappa shape index (κ2) is 5.38. The fraction of sp³-hybridized carbons (Fsp3) is 0.500. The Bertz CT molecular complexity index is 528. The molecular weight excluding hydrogens is 240 g/mol. The van der Waals surface area contributed by atoms with Gasteiger partial charge in [-0.05, 0) is 39.8 Å². The van der Waals surface area contributed by atoms with Crippen LogP contribution in [-0.4, -0.2) is 15.8 Å². The largest absolute Gasteiger partial charge is 0.469 e. The summed E-state index contributed by atoms with van der Waals surface area (Å²) in [7, 11) is 0. The lowest BCUT2D eigenvalue weighted by Crippen LogP contribution is -2.21. The maximum Gasteiger partial charge on any atom is 0.148 e. The van der Waals surface area contributed by atoms with E-state index >= 15 is 0 Å². The monoisotopic (exact) mass is 262 g/mol. The number of anilines is 2. The number of furan rings is 1. The number of nitrogens with one attached hydrogen (secondary N) is 1. The van der Waals surface area contributed by atoms with Gasteiger partial charge in [-0.1, -0.05) is 0 Å². The molecule has 104 valence electrons. The van der Waals surface area contributed by atoms with Gasteiger partial charge in [-0.25, -0.2) is 4.68 Å². The number of aryl methyl sites for hydroxylation is 1. The third-order valence-electron chi connectivity index (χ3n) is 3.09. The molecular formula is C14H22N4O. The molecule has 2 heterocycles. The minimum absolute atomic E-state index is 0.224. The summed E-state index contributed by atoms with van der Waals surface area (Å²) in [6, 6.07) is 4.38. The molecule has 2 aromatic heterocycles. The van der Waals surface area contributed by atoms with Crippen LogP contribution in [-0.2, 0) is 6.42 Å². The van der Waals surface area contributed by atoms with Crippen LogP contribution in [0.5, 0.6) is 0 Å². The van der Waals surface area contributed by atoms with Gasteiger partial charge in [0.25, 0.3) is 0 Å². The Labute approximate surface area is 113 Å². The summed E-state index contributed by atoms with van der Waals surface area (Å²) in [5.41, 5.74) is 7.68. The summed E-state index contributed by atoms with van der Waals surface area (Å²) in [6.45, 7) is 8.22. The zero-order valence-corrected chi connectivity index (χ0v) is 12.0. The first-order chi connectivity index (χ1) is 8.99. The van der Waals surface area contributed by atoms with Gasteiger partial charge in [0.05, 0.1) is 17.6 Å². The van der Waals surface area contributed by atoms with Crippen molar-refractivity contribution in [2.24, 2.45) is 0 Å². The van der Waals surface area contributed by atoms with Crippen molar-refractivity contribution in [2.75, 3.05) is 11.1 Å². The van der Waals surface area contributed by atoms with E-state index in [1.165, 1.54) is 0 Å². The van der Waals surface area contributed by atoms with Crippen LogP contribution in [0.1, 0.15) is 38.3 Å². The molecule has 0 amide bonds. The highest BCUT2D eigenvalue weighted by atomic mass is 16.3. The zero-order valence-electron chi connectivity index (χ0n) is 12.0. The molecule has 5 nitrogen and oxygen atoms in total. The van der Waals surface area contributed by atoms with E-state index in [-0.39, 0.29) is 12.1 Å². The Morgan fingerprint density at radius 2 is 2.16 bits per heavy atom. The van der Waals surface area contributed by atoms with Crippen molar-refractivity contribution in [2.45, 2.75) is 46.2 Å². The maximum absolute atomic E-state index is 6.09. The number of hydrogen-bond acceptors (Lipinski definition) is 4. The van der Waals surface area contributed by atoms with Crippen LogP contribution >= 0.6 is 0 Å². The number of hydrogen-bond donors (Lipinski definition) is 2. The molecule has 5 heteroatoms. The maximum atomic E-state index is 6.09. The van der Waals surface area contributed by atoms with Crippen LogP contribution in [0.3, 0.4) is 0 Å². The Balaban J connectivity index is 2.14. The highest BCUT2D eigenvalue weighted by molar-refractivity contribution is 5.65. The van der Waals surface area contributed by atoms with Gasteiger partial charge in [0, 0.05) is 18.5 Å². The van der Waals surface area contributed by atoms with E-state index in [4.69, 9.17) is 10.2 Å². The van der Waals surface area contributed by atoms with Crippen LogP contribution < -0.4 is 11.1 Å². The van der Waals surface area contributed by atoms with Crippen molar-refractivity contribution in [3.05, 3.63) is 29.9 Å². The fourth-order valence-corrected chi connectivity index (χ4v) is 2.09. The van der Waals surface area contributed by atoms with E-state index < -0.39 is 0 Å². The normalized spacial score (nSPS) is 12.9. The smallest absolute Gasteiger partial charge is 0.148 e. The third-order valence-corrected chi connectivity index (χ3v) is 3.09. The van der Waals surface area contributed by atoms with Crippen molar-refractivity contribution >= 4 is 11.5 Å². The van der Waals surface area contributed by atoms with Gasteiger partial charge in [-0.3, -0.25) is 0 Å². The molecule has 2 aromatic rings. The molecule has 19 heavy (non-hydrogen) atoms. The van der Waals surface area contributed by atoms with Gasteiger partial charge in [-0.2, -0.15) is 5.10 Å². The number of nitrogens with two attached hydrogens (primary N) is 1. The molecule has 2 rings (SSSR count). The molecule has 0 aliphatic rings. The van der Waals surface area contributed by atoms with Crippen molar-refractivity contribution in [3.63, 3.8) is 0 Å². The SMILES string of the molecule is Cc1nn(C(C)C)c(NC(C)Cc2ccco2)c1N. The number of rotatable bonds is 5. The summed E-state index contributed by atoms with van der Waals surface area (Å²) < 4.78 is 7.30. The lowest BCUT2D eigenvalue weighted by molar-refractivity contribution is 0.493. The second-order valence-corrected chi connectivity index (χ2v) is 5.21. The minimum atomic E-state index is 0.224. The average Bonchev–Trinajstić information content (AvgIpc) is 2.92. The van der Waals surface area contributed by atoms with E-state index in [0.717, 1.165) is 29.4 Å². The van der Waals surface area contributed by atoms with E-state index in [0.29, 0.717) is 0 Å². The van der Waals surface area contributed by atoms with Crippen molar-refractivity contribution in [1.82, 2.24) is 9.78 Å². The van der Waals surface area contributed by atoms with E-state index in [2.05, 4.69) is 31.2 Å². The Morgan fingerprint density at radius 3 is 2.74 bits per heavy atom. The lowest BCUT2D eigenvalue weighted by atomic mass is 10.2. The lowest BCUT2D eigenvalue weighted by Gasteiger charge is -2.18. The molecule has 0 bridgehead atoms. The Kier molecular flexibility index (Phi) is 3.83. The van der Waals surface area contributed by atoms with E-state index in [9.17, 15) is 0 Å². The van der Waals surface area contributed by atoms with Crippen molar-refractivity contribution < 1.29 is 4.42 Å². The second-order valence-electron chi connectivity index (χ2n) is 5.21. The van der Waals surface area contributed by atoms with E-state index in [1.54, 1.807) is 6.26 Å². The molecule has 0 spiro atoms. The molecule has 0 aliphatic heterocycles. The molecule has 0 aliphatic carbocycles. The Morgan fingerprint density at radius 1 is 1.42 bits per heavy atom. The summed E-state index contributed by atoms with van der Waals surface area (Å²) >= 11 is 0. The summed E-state index contributed by atoms with van der Waals surface area (Å²) in [4.78, 5) is 0. The van der Waals surface area contributed by atoms with Crippen LogP contribution in [0.15, 0.2) is 22.8 Å². The summed E-state index contributed by atoms with van der Waals surface area (Å²) in [6.07, 6.45) is 2.51. The highest BCUT2D eigenvalue weighted by Gasteiger charge is 2.17. The molecule has 3 N–H and O–H groups in total. The van der Waals surface area contributed by atoms with Crippen LogP contribution in [0.25, 0.3) is 0 Å². The third kappa shape index (κ3) is 2.92. The van der Waals surface area contributed by atoms with Gasteiger partial charge in [0.1, 0.15) is 11.6 Å². The summed E-state index contributed by atoms with van der Waals surface area (Å²) in [5, 5.41) is 7.90. The van der Waals surface area contributed by atoms with Gasteiger partial charge in [0.2, 0.25) is 0 Å². The first-order valence-corrected chi connectivity index (χ1v) is 6.62. The molecule has 1 atom stereocenters. The van der Waals surface area contributed by atoms with Crippen LogP contribution in [0.2, 0.25) is 0 Å². The number of nitrogens with zero attached hydrogens (tertiary/aromatic N) is 2. The summed E-state index contributed by atoms with van der Waals surface area (Å²) in [5.74, 6) is 1.86. The van der Waals surface area contributed by atoms with Gasteiger partial charge in [0.15, 0.2) is 0 Å². The minimum Gasteiger partial charge on any atom is -0.469 e. The van der Waals surface area contributed by atoms with Crippen molar-refractivity contribution in [1.29, 1.82) is 0 Å². The van der Waals surface area contributed by atoms with Gasteiger partial charge in [-0.15, -0.1) is 0 Å². The van der Waals surface area contributed by atoms with Crippen LogP contribution in [0.4, 0.5) is 11.5 Å². The molecule has 0 saturated carbocycles. The van der Waals surface area contributed by atoms with Crippen LogP contribution in [0, 0.1) is 6.92 Å². The molecule has 0 fully saturated rings. The van der Waals surface area contributed by atoms with E-state index in [1.807, 2.05) is 23.7 Å². The average molecular weight is 262 g/mol. The predicted octanol–water partition coefficient (Wildman–Crippen LogP) is 2.99. The standard InChI is InChI=1S/C14H22N4O/c1-9(2)18-14(13(15)11(4)17-18)16-10(3)8-12-6-5-7-19-12/h5-7,9-10,16H,8,15H2,1-4H3. The first kappa shape index (κ1) is 13.5. The Hall–Kier alpha value is -1.91. The molecule has 0 radical (unpaired) electrons. The first-order valence-electron chi connectivity index (χ1n) is 6.62. The molecule has 0 aromatic carbocycles. The number of aromatic nitrogens is 2. The number of nitrogen functional groups attached to an aromatic ring is 1. The van der Waals surface area contributed by atoms with Crippen molar-refractivity contribution in [3.8, 4) is 0 Å². The fourth-order valence-electron chi connectivity index (χ4n) is 2.09. The topological polar surface area (TPSA) is 69.0 Å². The molecule has 1 unspecified atom stereocenters. The highest BCUT2D eigenvalue weighted by Crippen LogP contribution is 2.26.